The first-order valence-corrected chi connectivity index (χ1v) is 8.51. The van der Waals surface area contributed by atoms with E-state index in [0.717, 1.165) is 5.56 Å². The van der Waals surface area contributed by atoms with Gasteiger partial charge in [0.1, 0.15) is 5.69 Å². The summed E-state index contributed by atoms with van der Waals surface area (Å²) in [6.07, 6.45) is 1.53. The summed E-state index contributed by atoms with van der Waals surface area (Å²) in [6.45, 7) is 0.424. The Hall–Kier alpha value is -1.79. The van der Waals surface area contributed by atoms with Gasteiger partial charge in [-0.05, 0) is 29.8 Å². The van der Waals surface area contributed by atoms with Gasteiger partial charge in [-0.3, -0.25) is 0 Å². The quantitative estimate of drug-likeness (QED) is 0.591. The van der Waals surface area contributed by atoms with Crippen molar-refractivity contribution in [1.29, 1.82) is 0 Å². The summed E-state index contributed by atoms with van der Waals surface area (Å²) in [5.41, 5.74) is 1.93. The third-order valence-electron chi connectivity index (χ3n) is 3.33. The molecule has 0 saturated heterocycles. The number of phenolic OH excluding ortho intramolecular Hbond substituents is 1. The van der Waals surface area contributed by atoms with Crippen LogP contribution in [0.25, 0.3) is 11.3 Å². The number of nitrogens with zero attached hydrogens (tertiary/aromatic N) is 3. The van der Waals surface area contributed by atoms with E-state index >= 15 is 0 Å². The molecule has 0 unspecified atom stereocenters. The van der Waals surface area contributed by atoms with Crippen LogP contribution >= 0.6 is 46.4 Å². The van der Waals surface area contributed by atoms with E-state index in [9.17, 15) is 5.11 Å². The fourth-order valence-corrected chi connectivity index (χ4v) is 3.00. The lowest BCUT2D eigenvalue weighted by Gasteiger charge is -2.08. The zero-order valence-electron chi connectivity index (χ0n) is 12.5. The maximum atomic E-state index is 9.59. The van der Waals surface area contributed by atoms with E-state index in [1.807, 2.05) is 6.07 Å². The van der Waals surface area contributed by atoms with Gasteiger partial charge in [-0.25, -0.2) is 4.98 Å². The molecule has 0 spiro atoms. The van der Waals surface area contributed by atoms with Gasteiger partial charge >= 0.3 is 0 Å². The zero-order chi connectivity index (χ0) is 18.0. The Morgan fingerprint density at radius 3 is 2.24 bits per heavy atom. The summed E-state index contributed by atoms with van der Waals surface area (Å²) >= 11 is 23.8. The molecule has 0 radical (unpaired) electrons. The second-order valence-electron chi connectivity index (χ2n) is 5.04. The highest BCUT2D eigenvalue weighted by atomic mass is 35.5. The number of hydrogen-bond acceptors (Lipinski definition) is 5. The van der Waals surface area contributed by atoms with Crippen molar-refractivity contribution in [2.45, 2.75) is 6.54 Å². The van der Waals surface area contributed by atoms with E-state index in [0.29, 0.717) is 33.8 Å². The van der Waals surface area contributed by atoms with Crippen LogP contribution < -0.4 is 5.32 Å². The summed E-state index contributed by atoms with van der Waals surface area (Å²) in [5, 5.41) is 22.1. The predicted molar refractivity (Wildman–Crippen MR) is 101 cm³/mol. The fourth-order valence-electron chi connectivity index (χ4n) is 2.04. The monoisotopic (exact) mass is 414 g/mol. The minimum atomic E-state index is -0.175. The Kier molecular flexibility index (Phi) is 5.49. The molecule has 0 aliphatic rings. The molecule has 5 nitrogen and oxygen atoms in total. The van der Waals surface area contributed by atoms with Crippen molar-refractivity contribution in [3.63, 3.8) is 0 Å². The molecule has 2 N–H and O–H groups in total. The highest BCUT2D eigenvalue weighted by Crippen LogP contribution is 2.35. The Labute approximate surface area is 163 Å². The second kappa shape index (κ2) is 7.62. The van der Waals surface area contributed by atoms with Crippen molar-refractivity contribution < 1.29 is 5.11 Å². The third kappa shape index (κ3) is 4.25. The van der Waals surface area contributed by atoms with E-state index in [-0.39, 0.29) is 15.8 Å². The first-order chi connectivity index (χ1) is 11.9. The molecule has 0 aliphatic heterocycles. The molecule has 1 heterocycles. The number of anilines is 1. The molecule has 3 aromatic rings. The Balaban J connectivity index is 1.74. The van der Waals surface area contributed by atoms with Crippen molar-refractivity contribution >= 4 is 52.4 Å². The highest BCUT2D eigenvalue weighted by Gasteiger charge is 2.10. The van der Waals surface area contributed by atoms with Gasteiger partial charge in [0.25, 0.3) is 0 Å². The van der Waals surface area contributed by atoms with Gasteiger partial charge in [0, 0.05) is 22.2 Å². The van der Waals surface area contributed by atoms with Crippen molar-refractivity contribution in [3.05, 3.63) is 62.2 Å². The molecular weight excluding hydrogens is 406 g/mol. The molecule has 0 aliphatic carbocycles. The van der Waals surface area contributed by atoms with Gasteiger partial charge in [0.15, 0.2) is 5.75 Å². The maximum absolute atomic E-state index is 9.59. The second-order valence-corrected chi connectivity index (χ2v) is 6.70. The van der Waals surface area contributed by atoms with E-state index in [1.54, 1.807) is 12.1 Å². The average molecular weight is 416 g/mol. The molecule has 9 heteroatoms. The largest absolute Gasteiger partial charge is 0.505 e. The lowest BCUT2D eigenvalue weighted by atomic mass is 10.1. The fraction of sp³-hybridized carbons (Fsp3) is 0.0625. The van der Waals surface area contributed by atoms with Crippen LogP contribution in [0.3, 0.4) is 0 Å². The van der Waals surface area contributed by atoms with Crippen LogP contribution in [-0.2, 0) is 6.54 Å². The number of rotatable bonds is 4. The zero-order valence-corrected chi connectivity index (χ0v) is 15.5. The van der Waals surface area contributed by atoms with Crippen LogP contribution in [0.1, 0.15) is 5.56 Å². The SMILES string of the molecule is Oc1c(Cl)cc(-c2cnc(NCc3ccc(Cl)cc3Cl)nn2)cc1Cl. The summed E-state index contributed by atoms with van der Waals surface area (Å²) in [5.74, 6) is 0.164. The summed E-state index contributed by atoms with van der Waals surface area (Å²) < 4.78 is 0. The minimum absolute atomic E-state index is 0.129. The van der Waals surface area contributed by atoms with Crippen LogP contribution in [0.4, 0.5) is 5.95 Å². The number of hydrogen-bond donors (Lipinski definition) is 2. The Morgan fingerprint density at radius 1 is 0.920 bits per heavy atom. The van der Waals surface area contributed by atoms with Crippen LogP contribution in [0.5, 0.6) is 5.75 Å². The van der Waals surface area contributed by atoms with Gasteiger partial charge in [-0.1, -0.05) is 52.5 Å². The number of benzene rings is 2. The molecule has 0 saturated carbocycles. The maximum Gasteiger partial charge on any atom is 0.242 e. The van der Waals surface area contributed by atoms with Crippen molar-refractivity contribution in [3.8, 4) is 17.0 Å². The third-order valence-corrected chi connectivity index (χ3v) is 4.49. The molecular formula is C16H10Cl4N4O. The van der Waals surface area contributed by atoms with Crippen molar-refractivity contribution in [1.82, 2.24) is 15.2 Å². The first kappa shape index (κ1) is 18.0. The number of aromatic nitrogens is 3. The summed E-state index contributed by atoms with van der Waals surface area (Å²) in [6, 6.07) is 8.32. The van der Waals surface area contributed by atoms with Crippen molar-refractivity contribution in [2.24, 2.45) is 0 Å². The number of nitrogens with one attached hydrogen (secondary N) is 1. The number of halogens is 4. The molecule has 3 rings (SSSR count). The molecule has 0 amide bonds. The molecule has 0 bridgehead atoms. The smallest absolute Gasteiger partial charge is 0.242 e. The summed E-state index contributed by atoms with van der Waals surface area (Å²) in [7, 11) is 0. The summed E-state index contributed by atoms with van der Waals surface area (Å²) in [4.78, 5) is 4.20. The highest BCUT2D eigenvalue weighted by molar-refractivity contribution is 6.37. The molecule has 1 aromatic heterocycles. The van der Waals surface area contributed by atoms with E-state index in [2.05, 4.69) is 20.5 Å². The van der Waals surface area contributed by atoms with Gasteiger partial charge in [-0.15, -0.1) is 10.2 Å². The lowest BCUT2D eigenvalue weighted by Crippen LogP contribution is -2.05. The van der Waals surface area contributed by atoms with Gasteiger partial charge in [-0.2, -0.15) is 0 Å². The Bertz CT molecular complexity index is 896. The van der Waals surface area contributed by atoms with E-state index in [4.69, 9.17) is 46.4 Å². The lowest BCUT2D eigenvalue weighted by molar-refractivity contribution is 0.476. The normalized spacial score (nSPS) is 10.7. The van der Waals surface area contributed by atoms with E-state index in [1.165, 1.54) is 18.3 Å². The molecule has 0 atom stereocenters. The average Bonchev–Trinajstić information content (AvgIpc) is 2.59. The van der Waals surface area contributed by atoms with Gasteiger partial charge in [0.05, 0.1) is 16.2 Å². The predicted octanol–water partition coefficient (Wildman–Crippen LogP) is 5.47. The van der Waals surface area contributed by atoms with Crippen molar-refractivity contribution in [2.75, 3.05) is 5.32 Å². The van der Waals surface area contributed by atoms with Gasteiger partial charge < -0.3 is 10.4 Å². The number of phenols is 1. The van der Waals surface area contributed by atoms with Crippen LogP contribution in [0.2, 0.25) is 20.1 Å². The number of aromatic hydroxyl groups is 1. The van der Waals surface area contributed by atoms with Crippen LogP contribution in [-0.4, -0.2) is 20.3 Å². The first-order valence-electron chi connectivity index (χ1n) is 7.00. The standard InChI is InChI=1S/C16H10Cl4N4O/c17-10-2-1-8(11(18)5-10)6-21-16-22-7-14(23-24-16)9-3-12(19)15(25)13(20)4-9/h1-5,7,25H,6H2,(H,21,22,24). The molecule has 25 heavy (non-hydrogen) atoms. The molecule has 2 aromatic carbocycles. The topological polar surface area (TPSA) is 70.9 Å². The van der Waals surface area contributed by atoms with E-state index < -0.39 is 0 Å². The van der Waals surface area contributed by atoms with Gasteiger partial charge in [0.2, 0.25) is 5.95 Å². The van der Waals surface area contributed by atoms with Crippen LogP contribution in [0.15, 0.2) is 36.5 Å². The molecule has 0 fully saturated rings. The van der Waals surface area contributed by atoms with Crippen LogP contribution in [0, 0.1) is 0 Å². The Morgan fingerprint density at radius 2 is 1.64 bits per heavy atom. The minimum Gasteiger partial charge on any atom is -0.505 e. The molecule has 128 valence electrons.